The van der Waals surface area contributed by atoms with Gasteiger partial charge >= 0.3 is 0 Å². The zero-order chi connectivity index (χ0) is 12.5. The van der Waals surface area contributed by atoms with E-state index in [2.05, 4.69) is 12.2 Å². The molecule has 1 rings (SSSR count). The molecule has 3 nitrogen and oxygen atoms in total. The van der Waals surface area contributed by atoms with E-state index in [0.717, 1.165) is 19.6 Å². The van der Waals surface area contributed by atoms with Gasteiger partial charge in [0, 0.05) is 13.1 Å². The van der Waals surface area contributed by atoms with Gasteiger partial charge in [0.15, 0.2) is 0 Å². The van der Waals surface area contributed by atoms with Gasteiger partial charge in [-0.3, -0.25) is 4.79 Å². The number of carbonyl (C=O) groups is 1. The average Bonchev–Trinajstić information content (AvgIpc) is 2.86. The number of amides is 1. The van der Waals surface area contributed by atoms with Crippen molar-refractivity contribution in [3.63, 3.8) is 0 Å². The molecule has 0 spiro atoms. The van der Waals surface area contributed by atoms with Gasteiger partial charge in [0.05, 0.1) is 6.04 Å². The fourth-order valence-electron chi connectivity index (χ4n) is 2.35. The molecule has 1 aliphatic heterocycles. The third-order valence-corrected chi connectivity index (χ3v) is 3.52. The first-order valence-electron chi connectivity index (χ1n) is 7.28. The van der Waals surface area contributed by atoms with Crippen LogP contribution in [0.15, 0.2) is 0 Å². The predicted molar refractivity (Wildman–Crippen MR) is 72.0 cm³/mol. The third kappa shape index (κ3) is 5.53. The van der Waals surface area contributed by atoms with Gasteiger partial charge < -0.3 is 10.2 Å². The van der Waals surface area contributed by atoms with Crippen molar-refractivity contribution >= 4 is 5.91 Å². The molecule has 100 valence electrons. The standard InChI is InChI=1S/C14H28N2O/c1-3-4-5-6-7-10-15-13(2)14(17)16-11-8-9-12-16/h13,15H,3-12H2,1-2H3. The molecular formula is C14H28N2O. The molecule has 1 aliphatic rings. The lowest BCUT2D eigenvalue weighted by molar-refractivity contribution is -0.131. The summed E-state index contributed by atoms with van der Waals surface area (Å²) in [5.41, 5.74) is 0. The summed E-state index contributed by atoms with van der Waals surface area (Å²) < 4.78 is 0. The van der Waals surface area contributed by atoms with Gasteiger partial charge in [0.2, 0.25) is 5.91 Å². The predicted octanol–water partition coefficient (Wildman–Crippen LogP) is 2.56. The van der Waals surface area contributed by atoms with Crippen LogP contribution in [0.3, 0.4) is 0 Å². The van der Waals surface area contributed by atoms with Crippen LogP contribution in [0.5, 0.6) is 0 Å². The van der Waals surface area contributed by atoms with Crippen molar-refractivity contribution in [3.8, 4) is 0 Å². The first-order valence-corrected chi connectivity index (χ1v) is 7.28. The number of carbonyl (C=O) groups excluding carboxylic acids is 1. The smallest absolute Gasteiger partial charge is 0.239 e. The second kappa shape index (κ2) is 8.51. The Hall–Kier alpha value is -0.570. The highest BCUT2D eigenvalue weighted by Gasteiger charge is 2.22. The second-order valence-corrected chi connectivity index (χ2v) is 5.12. The Morgan fingerprint density at radius 2 is 1.82 bits per heavy atom. The van der Waals surface area contributed by atoms with Crippen molar-refractivity contribution < 1.29 is 4.79 Å². The van der Waals surface area contributed by atoms with E-state index in [1.165, 1.54) is 44.9 Å². The number of likely N-dealkylation sites (tertiary alicyclic amines) is 1. The van der Waals surface area contributed by atoms with E-state index < -0.39 is 0 Å². The van der Waals surface area contributed by atoms with Crippen molar-refractivity contribution in [2.45, 2.75) is 64.8 Å². The first-order chi connectivity index (χ1) is 8.25. The molecule has 0 aromatic carbocycles. The van der Waals surface area contributed by atoms with E-state index in [1.807, 2.05) is 11.8 Å². The van der Waals surface area contributed by atoms with Crippen molar-refractivity contribution in [1.29, 1.82) is 0 Å². The fraction of sp³-hybridized carbons (Fsp3) is 0.929. The average molecular weight is 240 g/mol. The highest BCUT2D eigenvalue weighted by molar-refractivity contribution is 5.81. The minimum Gasteiger partial charge on any atom is -0.341 e. The third-order valence-electron chi connectivity index (χ3n) is 3.52. The molecule has 17 heavy (non-hydrogen) atoms. The molecule has 1 unspecified atom stereocenters. The molecule has 1 amide bonds. The molecule has 0 saturated carbocycles. The summed E-state index contributed by atoms with van der Waals surface area (Å²) in [7, 11) is 0. The van der Waals surface area contributed by atoms with Gasteiger partial charge in [-0.2, -0.15) is 0 Å². The Morgan fingerprint density at radius 3 is 2.47 bits per heavy atom. The Morgan fingerprint density at radius 1 is 1.18 bits per heavy atom. The molecule has 1 fully saturated rings. The van der Waals surface area contributed by atoms with Gasteiger partial charge in [-0.15, -0.1) is 0 Å². The summed E-state index contributed by atoms with van der Waals surface area (Å²) >= 11 is 0. The highest BCUT2D eigenvalue weighted by atomic mass is 16.2. The largest absolute Gasteiger partial charge is 0.341 e. The normalized spacial score (nSPS) is 17.4. The zero-order valence-electron chi connectivity index (χ0n) is 11.5. The lowest BCUT2D eigenvalue weighted by Gasteiger charge is -2.21. The number of hydrogen-bond acceptors (Lipinski definition) is 2. The number of unbranched alkanes of at least 4 members (excludes halogenated alkanes) is 4. The summed E-state index contributed by atoms with van der Waals surface area (Å²) in [5, 5.41) is 3.34. The van der Waals surface area contributed by atoms with Crippen LogP contribution in [0.4, 0.5) is 0 Å². The number of nitrogens with zero attached hydrogens (tertiary/aromatic N) is 1. The molecule has 3 heteroatoms. The molecule has 0 aromatic heterocycles. The number of nitrogens with one attached hydrogen (secondary N) is 1. The van der Waals surface area contributed by atoms with Crippen LogP contribution in [0, 0.1) is 0 Å². The SMILES string of the molecule is CCCCCCCNC(C)C(=O)N1CCCC1. The quantitative estimate of drug-likeness (QED) is 0.661. The van der Waals surface area contributed by atoms with Gasteiger partial charge in [-0.05, 0) is 32.7 Å². The summed E-state index contributed by atoms with van der Waals surface area (Å²) in [5.74, 6) is 0.288. The van der Waals surface area contributed by atoms with Gasteiger partial charge in [0.1, 0.15) is 0 Å². The maximum Gasteiger partial charge on any atom is 0.239 e. The molecule has 0 aliphatic carbocycles. The topological polar surface area (TPSA) is 32.3 Å². The van der Waals surface area contributed by atoms with Crippen LogP contribution in [-0.4, -0.2) is 36.5 Å². The van der Waals surface area contributed by atoms with Crippen molar-refractivity contribution in [3.05, 3.63) is 0 Å². The molecule has 1 atom stereocenters. The molecular weight excluding hydrogens is 212 g/mol. The molecule has 0 aromatic rings. The van der Waals surface area contributed by atoms with Crippen molar-refractivity contribution in [2.75, 3.05) is 19.6 Å². The minimum absolute atomic E-state index is 0.000671. The maximum absolute atomic E-state index is 12.0. The lowest BCUT2D eigenvalue weighted by atomic mass is 10.1. The minimum atomic E-state index is -0.000671. The number of hydrogen-bond donors (Lipinski definition) is 1. The molecule has 1 N–H and O–H groups in total. The first kappa shape index (κ1) is 14.5. The van der Waals surface area contributed by atoms with Crippen LogP contribution < -0.4 is 5.32 Å². The van der Waals surface area contributed by atoms with Gasteiger partial charge in [-0.25, -0.2) is 0 Å². The van der Waals surface area contributed by atoms with Crippen LogP contribution in [0.2, 0.25) is 0 Å². The van der Waals surface area contributed by atoms with E-state index >= 15 is 0 Å². The summed E-state index contributed by atoms with van der Waals surface area (Å²) in [6.45, 7) is 7.12. The summed E-state index contributed by atoms with van der Waals surface area (Å²) in [6, 6.07) is -0.000671. The van der Waals surface area contributed by atoms with E-state index in [0.29, 0.717) is 0 Å². The Kier molecular flexibility index (Phi) is 7.25. The second-order valence-electron chi connectivity index (χ2n) is 5.12. The fourth-order valence-corrected chi connectivity index (χ4v) is 2.35. The van der Waals surface area contributed by atoms with Gasteiger partial charge in [0.25, 0.3) is 0 Å². The molecule has 0 radical (unpaired) electrons. The molecule has 1 saturated heterocycles. The van der Waals surface area contributed by atoms with E-state index in [-0.39, 0.29) is 11.9 Å². The zero-order valence-corrected chi connectivity index (χ0v) is 11.5. The van der Waals surface area contributed by atoms with Crippen LogP contribution >= 0.6 is 0 Å². The Bertz CT molecular complexity index is 212. The van der Waals surface area contributed by atoms with E-state index in [4.69, 9.17) is 0 Å². The van der Waals surface area contributed by atoms with E-state index in [9.17, 15) is 4.79 Å². The van der Waals surface area contributed by atoms with Gasteiger partial charge in [-0.1, -0.05) is 32.6 Å². The molecule has 0 bridgehead atoms. The monoisotopic (exact) mass is 240 g/mol. The maximum atomic E-state index is 12.0. The van der Waals surface area contributed by atoms with Crippen molar-refractivity contribution in [2.24, 2.45) is 0 Å². The molecule has 1 heterocycles. The van der Waals surface area contributed by atoms with Crippen LogP contribution in [0.25, 0.3) is 0 Å². The Labute approximate surface area is 106 Å². The summed E-state index contributed by atoms with van der Waals surface area (Å²) in [4.78, 5) is 14.0. The van der Waals surface area contributed by atoms with Crippen LogP contribution in [0.1, 0.15) is 58.8 Å². The lowest BCUT2D eigenvalue weighted by Crippen LogP contribution is -2.43. The van der Waals surface area contributed by atoms with Crippen molar-refractivity contribution in [1.82, 2.24) is 10.2 Å². The summed E-state index contributed by atoms with van der Waals surface area (Å²) in [6.07, 6.45) is 8.78. The Balaban J connectivity index is 2.03. The van der Waals surface area contributed by atoms with E-state index in [1.54, 1.807) is 0 Å². The van der Waals surface area contributed by atoms with Crippen LogP contribution in [-0.2, 0) is 4.79 Å². The highest BCUT2D eigenvalue weighted by Crippen LogP contribution is 2.09. The number of rotatable bonds is 8.